The minimum Gasteiger partial charge on any atom is -0.495 e. The van der Waals surface area contributed by atoms with E-state index in [4.69, 9.17) is 10.5 Å². The number of aliphatic imine (C=N–C) groups is 1. The molecular weight excluding hydrogens is 451 g/mol. The standard InChI is InChI=1S/C21H28N4O.HI/c1-3-16-8-10-18(11-9-16)24-21(22)23-14-17-12-13-25(15-17)19-6-4-5-7-20(19)26-2;/h4-11,17H,3,12-15H2,1-2H3,(H3,22,23,24);1H. The minimum absolute atomic E-state index is 0. The molecule has 1 atom stereocenters. The lowest BCUT2D eigenvalue weighted by atomic mass is 10.1. The van der Waals surface area contributed by atoms with E-state index in [1.807, 2.05) is 24.3 Å². The zero-order valence-electron chi connectivity index (χ0n) is 16.0. The molecule has 1 unspecified atom stereocenters. The highest BCUT2D eigenvalue weighted by Gasteiger charge is 2.24. The topological polar surface area (TPSA) is 62.9 Å². The number of guanidine groups is 1. The number of para-hydroxylation sites is 2. The summed E-state index contributed by atoms with van der Waals surface area (Å²) in [6.07, 6.45) is 2.15. The van der Waals surface area contributed by atoms with Gasteiger partial charge in [0, 0.05) is 25.3 Å². The van der Waals surface area contributed by atoms with Gasteiger partial charge in [-0.15, -0.1) is 24.0 Å². The number of benzene rings is 2. The largest absolute Gasteiger partial charge is 0.495 e. The number of nitrogens with two attached hydrogens (primary N) is 1. The van der Waals surface area contributed by atoms with Crippen LogP contribution in [0.4, 0.5) is 11.4 Å². The summed E-state index contributed by atoms with van der Waals surface area (Å²) in [5.41, 5.74) is 9.50. The van der Waals surface area contributed by atoms with E-state index in [-0.39, 0.29) is 24.0 Å². The maximum Gasteiger partial charge on any atom is 0.193 e. The lowest BCUT2D eigenvalue weighted by molar-refractivity contribution is 0.414. The van der Waals surface area contributed by atoms with E-state index in [1.54, 1.807) is 7.11 Å². The minimum atomic E-state index is 0. The molecule has 0 radical (unpaired) electrons. The van der Waals surface area contributed by atoms with E-state index in [0.29, 0.717) is 11.9 Å². The first-order chi connectivity index (χ1) is 12.7. The van der Waals surface area contributed by atoms with Gasteiger partial charge < -0.3 is 20.7 Å². The molecule has 1 heterocycles. The molecule has 0 spiro atoms. The van der Waals surface area contributed by atoms with E-state index in [1.165, 1.54) is 5.56 Å². The molecule has 0 bridgehead atoms. The summed E-state index contributed by atoms with van der Waals surface area (Å²) in [6, 6.07) is 16.5. The highest BCUT2D eigenvalue weighted by Crippen LogP contribution is 2.31. The average molecular weight is 480 g/mol. The predicted molar refractivity (Wildman–Crippen MR) is 125 cm³/mol. The number of hydrogen-bond acceptors (Lipinski definition) is 3. The van der Waals surface area contributed by atoms with Crippen molar-refractivity contribution in [3.05, 3.63) is 54.1 Å². The van der Waals surface area contributed by atoms with Crippen molar-refractivity contribution in [3.63, 3.8) is 0 Å². The second-order valence-electron chi connectivity index (χ2n) is 6.67. The molecule has 146 valence electrons. The first-order valence-electron chi connectivity index (χ1n) is 9.23. The van der Waals surface area contributed by atoms with E-state index < -0.39 is 0 Å². The lowest BCUT2D eigenvalue weighted by Crippen LogP contribution is -2.25. The first kappa shape index (κ1) is 21.3. The molecule has 2 aromatic rings. The van der Waals surface area contributed by atoms with Gasteiger partial charge in [-0.25, -0.2) is 0 Å². The maximum atomic E-state index is 6.05. The lowest BCUT2D eigenvalue weighted by Gasteiger charge is -2.21. The summed E-state index contributed by atoms with van der Waals surface area (Å²) in [5.74, 6) is 1.90. The van der Waals surface area contributed by atoms with Crippen LogP contribution in [0, 0.1) is 5.92 Å². The Morgan fingerprint density at radius 2 is 1.96 bits per heavy atom. The Balaban J connectivity index is 0.00000261. The molecule has 5 nitrogen and oxygen atoms in total. The third-order valence-corrected chi connectivity index (χ3v) is 4.87. The van der Waals surface area contributed by atoms with Gasteiger partial charge in [0.05, 0.1) is 12.8 Å². The Hall–Kier alpha value is -1.96. The van der Waals surface area contributed by atoms with Crippen molar-refractivity contribution in [2.75, 3.05) is 37.0 Å². The third-order valence-electron chi connectivity index (χ3n) is 4.87. The molecule has 1 aliphatic heterocycles. The number of halogens is 1. The molecule has 0 saturated carbocycles. The number of aryl methyl sites for hydroxylation is 1. The molecule has 3 rings (SSSR count). The summed E-state index contributed by atoms with van der Waals surface area (Å²) < 4.78 is 5.47. The number of ether oxygens (including phenoxy) is 1. The molecule has 0 aliphatic carbocycles. The van der Waals surface area contributed by atoms with Crippen molar-refractivity contribution in [2.24, 2.45) is 16.6 Å². The highest BCUT2D eigenvalue weighted by molar-refractivity contribution is 14.0. The third kappa shape index (κ3) is 5.76. The second kappa shape index (κ2) is 10.4. The molecule has 1 fully saturated rings. The molecular formula is C21H29IN4O. The monoisotopic (exact) mass is 480 g/mol. The Morgan fingerprint density at radius 3 is 2.67 bits per heavy atom. The Labute approximate surface area is 179 Å². The van der Waals surface area contributed by atoms with Crippen LogP contribution in [0.25, 0.3) is 0 Å². The van der Waals surface area contributed by atoms with Crippen LogP contribution < -0.4 is 20.7 Å². The van der Waals surface area contributed by atoms with Crippen LogP contribution in [-0.4, -0.2) is 32.7 Å². The number of nitrogens with zero attached hydrogens (tertiary/aromatic N) is 2. The van der Waals surface area contributed by atoms with Gasteiger partial charge in [0.1, 0.15) is 5.75 Å². The SMILES string of the molecule is CCc1ccc(NC(N)=NCC2CCN(c3ccccc3OC)C2)cc1.I. The van der Waals surface area contributed by atoms with Gasteiger partial charge in [-0.05, 0) is 48.6 Å². The predicted octanol–water partition coefficient (Wildman–Crippen LogP) is 4.13. The average Bonchev–Trinajstić information content (AvgIpc) is 3.16. The maximum absolute atomic E-state index is 6.05. The number of rotatable bonds is 6. The van der Waals surface area contributed by atoms with Crippen LogP contribution in [-0.2, 0) is 6.42 Å². The van der Waals surface area contributed by atoms with Crippen molar-refractivity contribution < 1.29 is 4.74 Å². The molecule has 0 amide bonds. The molecule has 0 aromatic heterocycles. The summed E-state index contributed by atoms with van der Waals surface area (Å²) in [5, 5.41) is 3.17. The summed E-state index contributed by atoms with van der Waals surface area (Å²) in [7, 11) is 1.72. The molecule has 1 saturated heterocycles. The Bertz CT molecular complexity index is 748. The Kier molecular flexibility index (Phi) is 8.22. The fourth-order valence-corrected chi connectivity index (χ4v) is 3.33. The van der Waals surface area contributed by atoms with Crippen LogP contribution in [0.2, 0.25) is 0 Å². The molecule has 1 aliphatic rings. The fraction of sp³-hybridized carbons (Fsp3) is 0.381. The van der Waals surface area contributed by atoms with Crippen molar-refractivity contribution in [2.45, 2.75) is 19.8 Å². The summed E-state index contributed by atoms with van der Waals surface area (Å²) in [4.78, 5) is 6.91. The molecule has 2 aromatic carbocycles. The zero-order valence-corrected chi connectivity index (χ0v) is 18.4. The van der Waals surface area contributed by atoms with Gasteiger partial charge in [-0.1, -0.05) is 31.2 Å². The van der Waals surface area contributed by atoms with Gasteiger partial charge in [0.2, 0.25) is 0 Å². The summed E-state index contributed by atoms with van der Waals surface area (Å²) >= 11 is 0. The van der Waals surface area contributed by atoms with Gasteiger partial charge >= 0.3 is 0 Å². The zero-order chi connectivity index (χ0) is 18.4. The highest BCUT2D eigenvalue weighted by atomic mass is 127. The van der Waals surface area contributed by atoms with Gasteiger partial charge in [-0.2, -0.15) is 0 Å². The van der Waals surface area contributed by atoms with Crippen LogP contribution in [0.15, 0.2) is 53.5 Å². The van der Waals surface area contributed by atoms with Crippen molar-refractivity contribution in [1.29, 1.82) is 0 Å². The normalized spacial score (nSPS) is 16.7. The van der Waals surface area contributed by atoms with Gasteiger partial charge in [0.15, 0.2) is 5.96 Å². The van der Waals surface area contributed by atoms with Crippen LogP contribution in [0.5, 0.6) is 5.75 Å². The van der Waals surface area contributed by atoms with E-state index in [2.05, 4.69) is 46.4 Å². The van der Waals surface area contributed by atoms with E-state index >= 15 is 0 Å². The molecule has 6 heteroatoms. The van der Waals surface area contributed by atoms with Crippen LogP contribution in [0.3, 0.4) is 0 Å². The fourth-order valence-electron chi connectivity index (χ4n) is 3.33. The van der Waals surface area contributed by atoms with Crippen molar-refractivity contribution >= 4 is 41.3 Å². The second-order valence-corrected chi connectivity index (χ2v) is 6.67. The number of anilines is 2. The quantitative estimate of drug-likeness (QED) is 0.371. The van der Waals surface area contributed by atoms with Crippen molar-refractivity contribution in [1.82, 2.24) is 0 Å². The van der Waals surface area contributed by atoms with Crippen LogP contribution >= 0.6 is 24.0 Å². The smallest absolute Gasteiger partial charge is 0.193 e. The molecule has 3 N–H and O–H groups in total. The number of hydrogen-bond donors (Lipinski definition) is 2. The number of methoxy groups -OCH3 is 1. The van der Waals surface area contributed by atoms with Crippen molar-refractivity contribution in [3.8, 4) is 5.75 Å². The van der Waals surface area contributed by atoms with Crippen LogP contribution in [0.1, 0.15) is 18.9 Å². The van der Waals surface area contributed by atoms with E-state index in [9.17, 15) is 0 Å². The number of nitrogens with one attached hydrogen (secondary N) is 1. The van der Waals surface area contributed by atoms with E-state index in [0.717, 1.165) is 49.6 Å². The summed E-state index contributed by atoms with van der Waals surface area (Å²) in [6.45, 7) is 4.88. The molecule has 27 heavy (non-hydrogen) atoms. The van der Waals surface area contributed by atoms with Gasteiger partial charge in [-0.3, -0.25) is 4.99 Å². The Morgan fingerprint density at radius 1 is 1.22 bits per heavy atom. The first-order valence-corrected chi connectivity index (χ1v) is 9.23. The van der Waals surface area contributed by atoms with Gasteiger partial charge in [0.25, 0.3) is 0 Å².